The molecule has 1 saturated carbocycles. The van der Waals surface area contributed by atoms with Crippen LogP contribution >= 0.6 is 0 Å². The maximum Gasteiger partial charge on any atom is 0.344 e. The number of hydrogen-bond acceptors (Lipinski definition) is 4. The highest BCUT2D eigenvalue weighted by Crippen LogP contribution is 2.32. The van der Waals surface area contributed by atoms with E-state index in [9.17, 15) is 18.8 Å². The van der Waals surface area contributed by atoms with Crippen LogP contribution in [-0.2, 0) is 16.1 Å². The van der Waals surface area contributed by atoms with E-state index in [2.05, 4.69) is 10.7 Å². The van der Waals surface area contributed by atoms with Crippen molar-refractivity contribution in [3.8, 4) is 5.75 Å². The highest BCUT2D eigenvalue weighted by Gasteiger charge is 2.52. The zero-order chi connectivity index (χ0) is 20.3. The molecular weight excluding hydrogens is 367 g/mol. The Morgan fingerprint density at radius 2 is 2.04 bits per heavy atom. The topological polar surface area (TPSA) is 92.2 Å². The summed E-state index contributed by atoms with van der Waals surface area (Å²) in [7, 11) is 3.17. The van der Waals surface area contributed by atoms with E-state index in [-0.39, 0.29) is 18.2 Å². The Bertz CT molecular complexity index is 779. The van der Waals surface area contributed by atoms with Gasteiger partial charge in [0.2, 0.25) is 0 Å². The van der Waals surface area contributed by atoms with Crippen LogP contribution in [-0.4, -0.2) is 49.1 Å². The third-order valence-electron chi connectivity index (χ3n) is 5.29. The Balaban J connectivity index is 1.55. The Kier molecular flexibility index (Phi) is 5.83. The third-order valence-corrected chi connectivity index (χ3v) is 5.29. The molecule has 0 aromatic heterocycles. The predicted octanol–water partition coefficient (Wildman–Crippen LogP) is 0.135. The van der Waals surface area contributed by atoms with E-state index in [0.717, 1.165) is 29.2 Å². The fourth-order valence-corrected chi connectivity index (χ4v) is 3.89. The molecule has 1 spiro atoms. The number of urea groups is 1. The number of hydrogen-bond donors (Lipinski definition) is 3. The van der Waals surface area contributed by atoms with E-state index >= 15 is 0 Å². The van der Waals surface area contributed by atoms with Gasteiger partial charge in [-0.15, -0.1) is 0 Å². The summed E-state index contributed by atoms with van der Waals surface area (Å²) in [6, 6.07) is 4.04. The fraction of sp³-hybridized carbons (Fsp3) is 0.526. The van der Waals surface area contributed by atoms with Crippen LogP contribution in [0.2, 0.25) is 0 Å². The fourth-order valence-electron chi connectivity index (χ4n) is 3.89. The van der Waals surface area contributed by atoms with Crippen LogP contribution in [0.15, 0.2) is 18.2 Å². The summed E-state index contributed by atoms with van der Waals surface area (Å²) in [6.45, 7) is 0.427. The zero-order valence-electron chi connectivity index (χ0n) is 16.1. The second-order valence-electron chi connectivity index (χ2n) is 7.53. The number of amides is 4. The molecule has 8 nitrogen and oxygen atoms in total. The number of likely N-dealkylation sites (N-methyl/N-ethyl adjacent to an activating group) is 1. The van der Waals surface area contributed by atoms with Crippen LogP contribution in [0.25, 0.3) is 0 Å². The van der Waals surface area contributed by atoms with Gasteiger partial charge in [0.1, 0.15) is 12.1 Å². The lowest BCUT2D eigenvalue weighted by molar-refractivity contribution is -0.885. The molecule has 0 radical (unpaired) electrons. The molecular formula is C19H26FN4O4+. The number of halogens is 1. The molecule has 3 rings (SSSR count). The Labute approximate surface area is 163 Å². The number of carbonyl (C=O) groups excluding carboxylic acids is 3. The molecule has 28 heavy (non-hydrogen) atoms. The summed E-state index contributed by atoms with van der Waals surface area (Å²) in [5.74, 6) is -1.15. The lowest BCUT2D eigenvalue weighted by atomic mass is 9.82. The lowest BCUT2D eigenvalue weighted by Gasteiger charge is -2.30. The van der Waals surface area contributed by atoms with Gasteiger partial charge in [-0.25, -0.2) is 9.18 Å². The minimum atomic E-state index is -0.873. The van der Waals surface area contributed by atoms with Crippen molar-refractivity contribution < 1.29 is 28.4 Å². The van der Waals surface area contributed by atoms with E-state index in [1.54, 1.807) is 13.1 Å². The summed E-state index contributed by atoms with van der Waals surface area (Å²) in [4.78, 5) is 38.0. The molecule has 1 unspecified atom stereocenters. The zero-order valence-corrected chi connectivity index (χ0v) is 16.1. The lowest BCUT2D eigenvalue weighted by Crippen LogP contribution is -3.09. The Morgan fingerprint density at radius 1 is 1.32 bits per heavy atom. The first-order valence-corrected chi connectivity index (χ1v) is 9.44. The van der Waals surface area contributed by atoms with Gasteiger partial charge in [-0.05, 0) is 31.0 Å². The number of nitrogens with one attached hydrogen (secondary N) is 3. The highest BCUT2D eigenvalue weighted by molar-refractivity contribution is 6.08. The molecule has 1 aromatic rings. The smallest absolute Gasteiger partial charge is 0.344 e. The maximum atomic E-state index is 13.8. The number of quaternary nitrogens is 1. The normalized spacial score (nSPS) is 19.5. The van der Waals surface area contributed by atoms with Gasteiger partial charge in [-0.2, -0.15) is 5.01 Å². The quantitative estimate of drug-likeness (QED) is 0.600. The second-order valence-corrected chi connectivity index (χ2v) is 7.53. The van der Waals surface area contributed by atoms with Crippen LogP contribution in [0.1, 0.15) is 37.7 Å². The second kappa shape index (κ2) is 8.14. The van der Waals surface area contributed by atoms with Gasteiger partial charge in [-0.3, -0.25) is 15.0 Å². The average molecular weight is 393 g/mol. The molecule has 1 aliphatic heterocycles. The summed E-state index contributed by atoms with van der Waals surface area (Å²) in [6.07, 6.45) is 3.98. The van der Waals surface area contributed by atoms with Gasteiger partial charge in [0, 0.05) is 5.56 Å². The van der Waals surface area contributed by atoms with Crippen molar-refractivity contribution in [1.29, 1.82) is 0 Å². The van der Waals surface area contributed by atoms with Gasteiger partial charge >= 0.3 is 6.03 Å². The number of hydrazine groups is 1. The SMILES string of the molecule is COc1ccc(C[NH+](C)CC(=O)NN2C(=O)NC3(CCCCC3)C2=O)cc1F. The largest absolute Gasteiger partial charge is 0.494 e. The van der Waals surface area contributed by atoms with Gasteiger partial charge in [0.05, 0.1) is 14.2 Å². The molecule has 2 fully saturated rings. The Hall–Kier alpha value is -2.68. The van der Waals surface area contributed by atoms with Crippen LogP contribution in [0, 0.1) is 5.82 Å². The van der Waals surface area contributed by atoms with E-state index in [4.69, 9.17) is 4.74 Å². The minimum Gasteiger partial charge on any atom is -0.494 e. The van der Waals surface area contributed by atoms with Gasteiger partial charge in [0.15, 0.2) is 18.1 Å². The van der Waals surface area contributed by atoms with Crippen molar-refractivity contribution in [2.75, 3.05) is 20.7 Å². The summed E-state index contributed by atoms with van der Waals surface area (Å²) in [5, 5.41) is 3.55. The number of nitrogens with zero attached hydrogens (tertiary/aromatic N) is 1. The van der Waals surface area contributed by atoms with Crippen LogP contribution < -0.4 is 20.4 Å². The molecule has 152 valence electrons. The highest BCUT2D eigenvalue weighted by atomic mass is 19.1. The van der Waals surface area contributed by atoms with Crippen molar-refractivity contribution in [1.82, 2.24) is 15.8 Å². The summed E-state index contributed by atoms with van der Waals surface area (Å²) in [5.41, 5.74) is 2.25. The summed E-state index contributed by atoms with van der Waals surface area (Å²) < 4.78 is 18.7. The van der Waals surface area contributed by atoms with Crippen molar-refractivity contribution in [2.45, 2.75) is 44.2 Å². The molecule has 1 aromatic carbocycles. The van der Waals surface area contributed by atoms with Crippen LogP contribution in [0.3, 0.4) is 0 Å². The first kappa shape index (κ1) is 20.1. The van der Waals surface area contributed by atoms with Gasteiger partial charge < -0.3 is 15.0 Å². The third kappa shape index (κ3) is 4.09. The molecule has 0 bridgehead atoms. The number of benzene rings is 1. The van der Waals surface area contributed by atoms with Crippen molar-refractivity contribution in [2.24, 2.45) is 0 Å². The maximum absolute atomic E-state index is 13.8. The van der Waals surface area contributed by atoms with Crippen LogP contribution in [0.5, 0.6) is 5.75 Å². The number of imide groups is 1. The molecule has 1 heterocycles. The molecule has 1 atom stereocenters. The number of carbonyl (C=O) groups is 3. The molecule has 2 aliphatic rings. The number of methoxy groups -OCH3 is 1. The molecule has 1 saturated heterocycles. The molecule has 9 heteroatoms. The molecule has 4 amide bonds. The number of rotatable bonds is 6. The van der Waals surface area contributed by atoms with Gasteiger partial charge in [-0.1, -0.05) is 19.3 Å². The van der Waals surface area contributed by atoms with E-state index < -0.39 is 23.3 Å². The van der Waals surface area contributed by atoms with E-state index in [1.165, 1.54) is 19.2 Å². The van der Waals surface area contributed by atoms with Crippen molar-refractivity contribution in [3.63, 3.8) is 0 Å². The Morgan fingerprint density at radius 3 is 2.68 bits per heavy atom. The predicted molar refractivity (Wildman–Crippen MR) is 97.7 cm³/mol. The van der Waals surface area contributed by atoms with Crippen LogP contribution in [0.4, 0.5) is 9.18 Å². The van der Waals surface area contributed by atoms with E-state index in [1.807, 2.05) is 0 Å². The standard InChI is InChI=1S/C19H25FN4O4/c1-23(11-13-6-7-15(28-2)14(20)10-13)12-16(25)22-24-17(26)19(21-18(24)27)8-4-3-5-9-19/h6-7,10H,3-5,8-9,11-12H2,1-2H3,(H,21,27)(H,22,25)/p+1. The van der Waals surface area contributed by atoms with Crippen molar-refractivity contribution in [3.05, 3.63) is 29.6 Å². The average Bonchev–Trinajstić information content (AvgIpc) is 2.86. The first-order valence-electron chi connectivity index (χ1n) is 9.44. The minimum absolute atomic E-state index is 0.0255. The van der Waals surface area contributed by atoms with Crippen molar-refractivity contribution >= 4 is 17.8 Å². The summed E-state index contributed by atoms with van der Waals surface area (Å²) >= 11 is 0. The molecule has 3 N–H and O–H groups in total. The monoisotopic (exact) mass is 393 g/mol. The molecule has 1 aliphatic carbocycles. The first-order chi connectivity index (χ1) is 13.3. The van der Waals surface area contributed by atoms with Gasteiger partial charge in [0.25, 0.3) is 11.8 Å². The number of ether oxygens (including phenoxy) is 1. The van der Waals surface area contributed by atoms with E-state index in [0.29, 0.717) is 24.9 Å².